The second-order valence-electron chi connectivity index (χ2n) is 7.62. The van der Waals surface area contributed by atoms with Gasteiger partial charge in [0, 0.05) is 0 Å². The first-order valence-electron chi connectivity index (χ1n) is 9.06. The molecule has 3 rings (SSSR count). The lowest BCUT2D eigenvalue weighted by molar-refractivity contribution is 0.239. The lowest BCUT2D eigenvalue weighted by Crippen LogP contribution is -2.40. The van der Waals surface area contributed by atoms with Crippen molar-refractivity contribution in [2.45, 2.75) is 25.7 Å². The van der Waals surface area contributed by atoms with Gasteiger partial charge in [0.05, 0.1) is 8.07 Å². The second kappa shape index (κ2) is 7.86. The van der Waals surface area contributed by atoms with Crippen molar-refractivity contribution < 1.29 is 5.11 Å². The molecule has 0 saturated carbocycles. The first-order chi connectivity index (χ1) is 12.5. The highest BCUT2D eigenvalue weighted by molar-refractivity contribution is 6.89. The molecule has 0 spiro atoms. The standard InChI is InChI=1S/C24H26OSi/c1-26(2,3)23-17-11-10-16-21(23)22(18-19-12-6-4-7-13-19)24(25)20-14-8-5-9-15-20/h4-18,24-25H,1-3H3/b22-18-. The van der Waals surface area contributed by atoms with Crippen molar-refractivity contribution in [2.24, 2.45) is 0 Å². The van der Waals surface area contributed by atoms with Crippen LogP contribution in [0, 0.1) is 0 Å². The van der Waals surface area contributed by atoms with E-state index in [0.717, 1.165) is 22.3 Å². The summed E-state index contributed by atoms with van der Waals surface area (Å²) < 4.78 is 0. The SMILES string of the molecule is C[Si](C)(C)c1ccccc1/C(=C/c1ccccc1)C(O)c1ccccc1. The predicted molar refractivity (Wildman–Crippen MR) is 115 cm³/mol. The van der Waals surface area contributed by atoms with E-state index in [-0.39, 0.29) is 0 Å². The molecule has 3 aromatic carbocycles. The average Bonchev–Trinajstić information content (AvgIpc) is 2.66. The molecule has 0 bridgehead atoms. The van der Waals surface area contributed by atoms with E-state index in [2.05, 4.69) is 62.1 Å². The molecule has 1 unspecified atom stereocenters. The maximum Gasteiger partial charge on any atom is 0.105 e. The molecule has 132 valence electrons. The van der Waals surface area contributed by atoms with Gasteiger partial charge >= 0.3 is 0 Å². The van der Waals surface area contributed by atoms with Crippen LogP contribution in [0.3, 0.4) is 0 Å². The number of aliphatic hydroxyl groups is 1. The third-order valence-corrected chi connectivity index (χ3v) is 6.63. The Labute approximate surface area is 157 Å². The minimum Gasteiger partial charge on any atom is -0.384 e. The van der Waals surface area contributed by atoms with Crippen molar-refractivity contribution in [3.63, 3.8) is 0 Å². The normalized spacial score (nSPS) is 13.5. The quantitative estimate of drug-likeness (QED) is 0.471. The maximum atomic E-state index is 11.2. The van der Waals surface area contributed by atoms with Crippen LogP contribution < -0.4 is 5.19 Å². The molecular weight excluding hydrogens is 332 g/mol. The van der Waals surface area contributed by atoms with E-state index in [1.165, 1.54) is 5.19 Å². The molecule has 0 radical (unpaired) electrons. The Morgan fingerprint density at radius 3 is 1.92 bits per heavy atom. The Hall–Kier alpha value is -2.42. The topological polar surface area (TPSA) is 20.2 Å². The van der Waals surface area contributed by atoms with E-state index in [0.29, 0.717) is 0 Å². The summed E-state index contributed by atoms with van der Waals surface area (Å²) in [6.45, 7) is 7.04. The summed E-state index contributed by atoms with van der Waals surface area (Å²) in [6, 6.07) is 28.7. The fourth-order valence-corrected chi connectivity index (χ4v) is 4.87. The predicted octanol–water partition coefficient (Wildman–Crippen LogP) is 5.51. The van der Waals surface area contributed by atoms with Crippen LogP contribution in [0.4, 0.5) is 0 Å². The van der Waals surface area contributed by atoms with Crippen LogP contribution in [0.2, 0.25) is 19.6 Å². The zero-order chi connectivity index (χ0) is 18.6. The number of hydrogen-bond donors (Lipinski definition) is 1. The molecule has 0 aromatic heterocycles. The van der Waals surface area contributed by atoms with Crippen molar-refractivity contribution in [1.82, 2.24) is 0 Å². The fraction of sp³-hybridized carbons (Fsp3) is 0.167. The highest BCUT2D eigenvalue weighted by Crippen LogP contribution is 2.32. The van der Waals surface area contributed by atoms with Gasteiger partial charge in [-0.2, -0.15) is 0 Å². The van der Waals surface area contributed by atoms with Gasteiger partial charge in [0.2, 0.25) is 0 Å². The Bertz CT molecular complexity index is 877. The monoisotopic (exact) mass is 358 g/mol. The molecule has 0 heterocycles. The van der Waals surface area contributed by atoms with E-state index >= 15 is 0 Å². The fourth-order valence-electron chi connectivity index (χ4n) is 3.24. The summed E-state index contributed by atoms with van der Waals surface area (Å²) in [4.78, 5) is 0. The molecule has 1 nitrogen and oxygen atoms in total. The number of aliphatic hydroxyl groups excluding tert-OH is 1. The highest BCUT2D eigenvalue weighted by atomic mass is 28.3. The van der Waals surface area contributed by atoms with Crippen molar-refractivity contribution in [3.05, 3.63) is 102 Å². The number of rotatable bonds is 5. The summed E-state index contributed by atoms with van der Waals surface area (Å²) >= 11 is 0. The largest absolute Gasteiger partial charge is 0.384 e. The van der Waals surface area contributed by atoms with Crippen molar-refractivity contribution >= 4 is 24.9 Å². The molecule has 26 heavy (non-hydrogen) atoms. The minimum absolute atomic E-state index is 0.658. The van der Waals surface area contributed by atoms with E-state index < -0.39 is 14.2 Å². The molecule has 0 aliphatic heterocycles. The average molecular weight is 359 g/mol. The van der Waals surface area contributed by atoms with E-state index in [1.807, 2.05) is 48.5 Å². The van der Waals surface area contributed by atoms with Crippen LogP contribution >= 0.6 is 0 Å². The van der Waals surface area contributed by atoms with Crippen molar-refractivity contribution in [3.8, 4) is 0 Å². The zero-order valence-corrected chi connectivity index (χ0v) is 16.7. The Balaban J connectivity index is 2.18. The van der Waals surface area contributed by atoms with Crippen LogP contribution in [0.1, 0.15) is 22.8 Å². The molecule has 0 saturated heterocycles. The van der Waals surface area contributed by atoms with Crippen LogP contribution in [0.25, 0.3) is 11.6 Å². The molecule has 0 aliphatic carbocycles. The number of benzene rings is 3. The first-order valence-corrected chi connectivity index (χ1v) is 12.6. The van der Waals surface area contributed by atoms with Gasteiger partial charge in [-0.15, -0.1) is 0 Å². The van der Waals surface area contributed by atoms with Gasteiger partial charge in [0.1, 0.15) is 6.10 Å². The third kappa shape index (κ3) is 4.21. The Morgan fingerprint density at radius 2 is 1.31 bits per heavy atom. The molecule has 0 fully saturated rings. The summed E-state index contributed by atoms with van der Waals surface area (Å²) in [5, 5.41) is 12.6. The highest BCUT2D eigenvalue weighted by Gasteiger charge is 2.24. The summed E-state index contributed by atoms with van der Waals surface area (Å²) in [7, 11) is -1.56. The summed E-state index contributed by atoms with van der Waals surface area (Å²) in [5.74, 6) is 0. The van der Waals surface area contributed by atoms with Crippen LogP contribution in [-0.4, -0.2) is 13.2 Å². The minimum atomic E-state index is -1.56. The first kappa shape index (κ1) is 18.4. The van der Waals surface area contributed by atoms with Crippen LogP contribution in [0.15, 0.2) is 84.9 Å². The van der Waals surface area contributed by atoms with Gasteiger partial charge < -0.3 is 5.11 Å². The lowest BCUT2D eigenvalue weighted by Gasteiger charge is -2.25. The summed E-state index contributed by atoms with van der Waals surface area (Å²) in [6.07, 6.45) is 1.46. The van der Waals surface area contributed by atoms with Crippen LogP contribution in [0.5, 0.6) is 0 Å². The molecule has 3 aromatic rings. The molecular formula is C24H26OSi. The van der Waals surface area contributed by atoms with Crippen molar-refractivity contribution in [1.29, 1.82) is 0 Å². The van der Waals surface area contributed by atoms with E-state index in [1.54, 1.807) is 0 Å². The Kier molecular flexibility index (Phi) is 5.55. The molecule has 2 heteroatoms. The second-order valence-corrected chi connectivity index (χ2v) is 12.7. The van der Waals surface area contributed by atoms with Gasteiger partial charge in [0.15, 0.2) is 0 Å². The van der Waals surface area contributed by atoms with Gasteiger partial charge in [-0.1, -0.05) is 110 Å². The Morgan fingerprint density at radius 1 is 0.769 bits per heavy atom. The van der Waals surface area contributed by atoms with Gasteiger partial charge in [-0.3, -0.25) is 0 Å². The van der Waals surface area contributed by atoms with Gasteiger partial charge in [0.25, 0.3) is 0 Å². The zero-order valence-electron chi connectivity index (χ0n) is 15.7. The smallest absolute Gasteiger partial charge is 0.105 e. The molecule has 0 amide bonds. The summed E-state index contributed by atoms with van der Waals surface area (Å²) in [5.41, 5.74) is 4.13. The number of hydrogen-bond acceptors (Lipinski definition) is 1. The molecule has 0 aliphatic rings. The molecule has 1 atom stereocenters. The third-order valence-electron chi connectivity index (χ3n) is 4.58. The van der Waals surface area contributed by atoms with E-state index in [9.17, 15) is 5.11 Å². The maximum absolute atomic E-state index is 11.2. The van der Waals surface area contributed by atoms with E-state index in [4.69, 9.17) is 0 Å². The van der Waals surface area contributed by atoms with Crippen LogP contribution in [-0.2, 0) is 0 Å². The van der Waals surface area contributed by atoms with Crippen molar-refractivity contribution in [2.75, 3.05) is 0 Å². The molecule has 1 N–H and O–H groups in total. The van der Waals surface area contributed by atoms with Gasteiger partial charge in [-0.25, -0.2) is 0 Å². The lowest BCUT2D eigenvalue weighted by atomic mass is 9.93. The van der Waals surface area contributed by atoms with Gasteiger partial charge in [-0.05, 0) is 28.3 Å².